The average Bonchev–Trinajstić information content (AvgIpc) is 2.76. The minimum absolute atomic E-state index is 0.0559. The first kappa shape index (κ1) is 20.9. The van der Waals surface area contributed by atoms with Crippen LogP contribution in [0, 0.1) is 11.3 Å². The second-order valence-electron chi connectivity index (χ2n) is 8.83. The summed E-state index contributed by atoms with van der Waals surface area (Å²) in [4.78, 5) is 13.1. The molecule has 0 radical (unpaired) electrons. The Hall–Kier alpha value is -2.40. The maximum atomic E-state index is 13.1. The molecule has 2 aliphatic carbocycles. The number of para-hydroxylation sites is 1. The van der Waals surface area contributed by atoms with Gasteiger partial charge in [0.15, 0.2) is 0 Å². The number of ether oxygens (including phenoxy) is 3. The lowest BCUT2D eigenvalue weighted by atomic mass is 9.49. The van der Waals surface area contributed by atoms with Gasteiger partial charge in [0.1, 0.15) is 23.9 Å². The minimum atomic E-state index is -0.613. The van der Waals surface area contributed by atoms with E-state index in [9.17, 15) is 4.79 Å². The Morgan fingerprint density at radius 1 is 1.10 bits per heavy atom. The zero-order valence-corrected chi connectivity index (χ0v) is 18.6. The summed E-state index contributed by atoms with van der Waals surface area (Å²) >= 11 is 5.29. The van der Waals surface area contributed by atoms with Crippen LogP contribution in [0.5, 0.6) is 11.5 Å². The number of hydrogen-bond acceptors (Lipinski definition) is 5. The molecular formula is C25H28O4S. The van der Waals surface area contributed by atoms with Gasteiger partial charge in [-0.3, -0.25) is 4.79 Å². The van der Waals surface area contributed by atoms with Crippen LogP contribution in [-0.4, -0.2) is 24.7 Å². The Morgan fingerprint density at radius 2 is 1.87 bits per heavy atom. The third kappa shape index (κ3) is 3.60. The molecule has 4 rings (SSSR count). The predicted molar refractivity (Wildman–Crippen MR) is 120 cm³/mol. The summed E-state index contributed by atoms with van der Waals surface area (Å²) in [5, 5.41) is 0.0559. The molecule has 0 N–H and O–H groups in total. The van der Waals surface area contributed by atoms with Crippen LogP contribution in [0.25, 0.3) is 0 Å². The van der Waals surface area contributed by atoms with E-state index in [1.807, 2.05) is 43.3 Å². The number of hydrogen-bond donors (Lipinski definition) is 0. The quantitative estimate of drug-likeness (QED) is 0.626. The minimum Gasteiger partial charge on any atom is -0.497 e. The molecule has 0 spiro atoms. The van der Waals surface area contributed by atoms with E-state index >= 15 is 0 Å². The van der Waals surface area contributed by atoms with Crippen molar-refractivity contribution in [1.29, 1.82) is 0 Å². The number of carbonyl (C=O) groups excluding carboxylic acids is 1. The van der Waals surface area contributed by atoms with Gasteiger partial charge in [-0.1, -0.05) is 31.2 Å². The molecule has 0 unspecified atom stereocenters. The van der Waals surface area contributed by atoms with Crippen LogP contribution in [0.15, 0.2) is 48.5 Å². The molecule has 0 aromatic heterocycles. The number of fused-ring (bicyclic) bond motifs is 3. The van der Waals surface area contributed by atoms with E-state index in [1.165, 1.54) is 11.1 Å². The van der Waals surface area contributed by atoms with Crippen LogP contribution in [-0.2, 0) is 21.4 Å². The highest BCUT2D eigenvalue weighted by atomic mass is 32.1. The summed E-state index contributed by atoms with van der Waals surface area (Å²) in [5.74, 6) is 1.92. The third-order valence-corrected chi connectivity index (χ3v) is 7.32. The summed E-state index contributed by atoms with van der Waals surface area (Å²) in [5.41, 5.74) is 1.95. The zero-order valence-electron chi connectivity index (χ0n) is 17.8. The number of rotatable bonds is 4. The van der Waals surface area contributed by atoms with Crippen LogP contribution in [0.1, 0.15) is 44.2 Å². The zero-order chi connectivity index (χ0) is 21.4. The first-order valence-corrected chi connectivity index (χ1v) is 10.9. The summed E-state index contributed by atoms with van der Waals surface area (Å²) in [6, 6.07) is 15.7. The van der Waals surface area contributed by atoms with Crippen LogP contribution in [0.3, 0.4) is 0 Å². The third-order valence-electron chi connectivity index (χ3n) is 7.12. The van der Waals surface area contributed by atoms with E-state index in [0.717, 1.165) is 25.0 Å². The molecule has 0 amide bonds. The van der Waals surface area contributed by atoms with Crippen LogP contribution in [0.2, 0.25) is 0 Å². The Labute approximate surface area is 183 Å². The number of aryl methyl sites for hydroxylation is 1. The van der Waals surface area contributed by atoms with Crippen molar-refractivity contribution in [3.63, 3.8) is 0 Å². The summed E-state index contributed by atoms with van der Waals surface area (Å²) in [6.07, 6.45) is 3.29. The highest BCUT2D eigenvalue weighted by molar-refractivity contribution is 7.79. The van der Waals surface area contributed by atoms with E-state index < -0.39 is 5.41 Å². The molecule has 1 fully saturated rings. The summed E-state index contributed by atoms with van der Waals surface area (Å²) in [7, 11) is 1.69. The van der Waals surface area contributed by atoms with Crippen LogP contribution in [0.4, 0.5) is 0 Å². The molecular weight excluding hydrogens is 396 g/mol. The molecule has 158 valence electrons. The normalized spacial score (nSPS) is 27.6. The van der Waals surface area contributed by atoms with Gasteiger partial charge in [-0.2, -0.15) is 0 Å². The second-order valence-corrected chi connectivity index (χ2v) is 9.16. The number of Topliss-reactive ketones (excluding diaryl/α,β-unsaturated/α-hetero) is 1. The van der Waals surface area contributed by atoms with Gasteiger partial charge in [-0.05, 0) is 72.9 Å². The van der Waals surface area contributed by atoms with E-state index in [1.54, 1.807) is 7.11 Å². The fourth-order valence-electron chi connectivity index (χ4n) is 5.43. The largest absolute Gasteiger partial charge is 0.497 e. The topological polar surface area (TPSA) is 44.8 Å². The Bertz CT molecular complexity index is 957. The SMILES string of the molecule is COc1ccc2c(c1)[C@@]1(C)CCC(=O)[C@@](C)(COC(=S)Oc3ccccc3)[C@@H]1CC2. The molecule has 30 heavy (non-hydrogen) atoms. The molecule has 0 heterocycles. The molecule has 5 heteroatoms. The van der Waals surface area contributed by atoms with Crippen molar-refractivity contribution in [2.24, 2.45) is 11.3 Å². The lowest BCUT2D eigenvalue weighted by molar-refractivity contribution is -0.142. The maximum absolute atomic E-state index is 13.1. The van der Waals surface area contributed by atoms with E-state index in [0.29, 0.717) is 12.2 Å². The van der Waals surface area contributed by atoms with Gasteiger partial charge < -0.3 is 14.2 Å². The smallest absolute Gasteiger partial charge is 0.357 e. The highest BCUT2D eigenvalue weighted by Gasteiger charge is 2.56. The molecule has 4 nitrogen and oxygen atoms in total. The lowest BCUT2D eigenvalue weighted by Gasteiger charge is -2.54. The number of ketones is 1. The Morgan fingerprint density at radius 3 is 2.60 bits per heavy atom. The number of benzene rings is 2. The van der Waals surface area contributed by atoms with Gasteiger partial charge in [-0.25, -0.2) is 0 Å². The molecule has 2 aromatic carbocycles. The summed E-state index contributed by atoms with van der Waals surface area (Å²) in [6.45, 7) is 4.56. The second kappa shape index (κ2) is 8.03. The van der Waals surface area contributed by atoms with Crippen LogP contribution >= 0.6 is 12.2 Å². The van der Waals surface area contributed by atoms with Gasteiger partial charge >= 0.3 is 5.24 Å². The molecule has 0 saturated heterocycles. The van der Waals surface area contributed by atoms with E-state index in [4.69, 9.17) is 26.4 Å². The van der Waals surface area contributed by atoms with Gasteiger partial charge in [0.05, 0.1) is 12.5 Å². The first-order valence-electron chi connectivity index (χ1n) is 10.5. The van der Waals surface area contributed by atoms with Crippen molar-refractivity contribution in [2.45, 2.75) is 44.9 Å². The number of thiocarbonyl (C=S) groups is 1. The average molecular weight is 425 g/mol. The van der Waals surface area contributed by atoms with E-state index in [-0.39, 0.29) is 29.0 Å². The van der Waals surface area contributed by atoms with Gasteiger partial charge in [0.25, 0.3) is 0 Å². The van der Waals surface area contributed by atoms with Crippen LogP contribution < -0.4 is 9.47 Å². The van der Waals surface area contributed by atoms with Crippen molar-refractivity contribution in [1.82, 2.24) is 0 Å². The van der Waals surface area contributed by atoms with Crippen molar-refractivity contribution in [2.75, 3.05) is 13.7 Å². The monoisotopic (exact) mass is 424 g/mol. The summed E-state index contributed by atoms with van der Waals surface area (Å²) < 4.78 is 17.0. The maximum Gasteiger partial charge on any atom is 0.357 e. The Kier molecular flexibility index (Phi) is 5.58. The molecule has 2 aliphatic rings. The number of carbonyl (C=O) groups is 1. The first-order chi connectivity index (χ1) is 14.4. The predicted octanol–water partition coefficient (Wildman–Crippen LogP) is 5.27. The van der Waals surface area contributed by atoms with E-state index in [2.05, 4.69) is 19.1 Å². The standard InChI is InChI=1S/C25H28O4S/c1-24-14-13-22(26)25(2,16-28-23(30)29-18-7-5-4-6-8-18)21(24)12-10-17-9-11-19(27-3)15-20(17)24/h4-9,11,15,21H,10,12-14,16H2,1-3H3/t21-,24-,25+/m1/s1. The molecule has 2 aromatic rings. The molecule has 3 atom stereocenters. The Balaban J connectivity index is 1.57. The molecule has 0 aliphatic heterocycles. The lowest BCUT2D eigenvalue weighted by Crippen LogP contribution is -2.55. The fraction of sp³-hybridized carbons (Fsp3) is 0.440. The van der Waals surface area contributed by atoms with Gasteiger partial charge in [-0.15, -0.1) is 0 Å². The van der Waals surface area contributed by atoms with Crippen molar-refractivity contribution in [3.8, 4) is 11.5 Å². The van der Waals surface area contributed by atoms with Crippen molar-refractivity contribution < 1.29 is 19.0 Å². The molecule has 0 bridgehead atoms. The van der Waals surface area contributed by atoms with Crippen molar-refractivity contribution in [3.05, 3.63) is 59.7 Å². The highest BCUT2D eigenvalue weighted by Crippen LogP contribution is 2.56. The molecule has 1 saturated carbocycles. The fourth-order valence-corrected chi connectivity index (χ4v) is 5.58. The van der Waals surface area contributed by atoms with Gasteiger partial charge in [0.2, 0.25) is 0 Å². The van der Waals surface area contributed by atoms with Gasteiger partial charge in [0, 0.05) is 18.6 Å². The number of methoxy groups -OCH3 is 1. The van der Waals surface area contributed by atoms with Crippen molar-refractivity contribution >= 4 is 23.2 Å².